The van der Waals surface area contributed by atoms with Crippen LogP contribution in [-0.4, -0.2) is 43.3 Å². The fraction of sp³-hybridized carbons (Fsp3) is 0.464. The number of benzene rings is 2. The number of carbonyl (C=O) groups is 1. The van der Waals surface area contributed by atoms with Crippen molar-refractivity contribution in [3.63, 3.8) is 0 Å². The first-order valence-electron chi connectivity index (χ1n) is 12.1. The normalized spacial score (nSPS) is 14.6. The molecule has 0 aliphatic carbocycles. The van der Waals surface area contributed by atoms with Crippen LogP contribution in [0.3, 0.4) is 0 Å². The standard InChI is InChI=1S/C28H41NO4SSi/c1-27(2,3)34(31)29-23(22-26(30)32-7)16-14-15-21-33-35(28(4,5)6,24-17-10-8-11-18-24)25-19-12-9-13-20-25/h8-14,16-20,23,29H,15,21-22H2,1-7H3/b16-14+/t23-,34-/m1/s1. The summed E-state index contributed by atoms with van der Waals surface area (Å²) in [6.07, 6.45) is 4.68. The number of esters is 1. The van der Waals surface area contributed by atoms with Crippen LogP contribution >= 0.6 is 0 Å². The minimum absolute atomic E-state index is 0.0853. The van der Waals surface area contributed by atoms with Crippen LogP contribution in [0.25, 0.3) is 0 Å². The second kappa shape index (κ2) is 12.9. The van der Waals surface area contributed by atoms with E-state index >= 15 is 0 Å². The summed E-state index contributed by atoms with van der Waals surface area (Å²) in [5.74, 6) is -0.346. The van der Waals surface area contributed by atoms with Crippen LogP contribution in [0.4, 0.5) is 0 Å². The van der Waals surface area contributed by atoms with E-state index < -0.39 is 24.4 Å². The van der Waals surface area contributed by atoms with Crippen LogP contribution in [0.2, 0.25) is 5.04 Å². The predicted octanol–water partition coefficient (Wildman–Crippen LogP) is 4.49. The van der Waals surface area contributed by atoms with E-state index in [1.807, 2.05) is 45.1 Å². The van der Waals surface area contributed by atoms with Crippen molar-refractivity contribution in [2.24, 2.45) is 0 Å². The lowest BCUT2D eigenvalue weighted by atomic mass is 10.2. The maximum Gasteiger partial charge on any atom is 0.307 e. The first-order chi connectivity index (χ1) is 16.4. The fourth-order valence-electron chi connectivity index (χ4n) is 4.03. The summed E-state index contributed by atoms with van der Waals surface area (Å²) in [4.78, 5) is 11.9. The molecule has 0 radical (unpaired) electrons. The van der Waals surface area contributed by atoms with E-state index in [4.69, 9.17) is 9.16 Å². The Bertz CT molecular complexity index is 899. The number of nitrogens with one attached hydrogen (secondary N) is 1. The molecule has 1 N–H and O–H groups in total. The highest BCUT2D eigenvalue weighted by Crippen LogP contribution is 2.36. The topological polar surface area (TPSA) is 70.6 Å². The van der Waals surface area contributed by atoms with Crippen molar-refractivity contribution in [1.82, 2.24) is 4.72 Å². The third-order valence-corrected chi connectivity index (χ3v) is 12.5. The lowest BCUT2D eigenvalue weighted by Gasteiger charge is -2.43. The van der Waals surface area contributed by atoms with Gasteiger partial charge in [0.1, 0.15) is 4.75 Å². The molecular formula is C28H41NO4SSi. The molecular weight excluding hydrogens is 474 g/mol. The molecule has 0 fully saturated rings. The van der Waals surface area contributed by atoms with Crippen LogP contribution in [0.15, 0.2) is 72.8 Å². The van der Waals surface area contributed by atoms with Gasteiger partial charge in [0.15, 0.2) is 0 Å². The zero-order valence-corrected chi connectivity index (χ0v) is 24.0. The van der Waals surface area contributed by atoms with Crippen molar-refractivity contribution in [2.45, 2.75) is 70.2 Å². The third-order valence-electron chi connectivity index (χ3n) is 5.82. The van der Waals surface area contributed by atoms with E-state index in [9.17, 15) is 9.35 Å². The van der Waals surface area contributed by atoms with Crippen molar-refractivity contribution in [3.8, 4) is 0 Å². The molecule has 0 amide bonds. The number of ether oxygens (including phenoxy) is 1. The van der Waals surface area contributed by atoms with Gasteiger partial charge in [-0.25, -0.2) is 0 Å². The average molecular weight is 516 g/mol. The summed E-state index contributed by atoms with van der Waals surface area (Å²) in [6.45, 7) is 13.0. The van der Waals surface area contributed by atoms with Gasteiger partial charge >= 0.3 is 5.97 Å². The molecule has 35 heavy (non-hydrogen) atoms. The summed E-state index contributed by atoms with van der Waals surface area (Å²) >= 11 is -1.30. The van der Waals surface area contributed by atoms with Gasteiger partial charge in [-0.05, 0) is 42.6 Å². The van der Waals surface area contributed by atoms with E-state index in [-0.39, 0.29) is 23.5 Å². The Hall–Kier alpha value is -1.90. The molecule has 0 aromatic heterocycles. The van der Waals surface area contributed by atoms with Gasteiger partial charge in [-0.3, -0.25) is 4.79 Å². The van der Waals surface area contributed by atoms with E-state index in [0.29, 0.717) is 13.0 Å². The predicted molar refractivity (Wildman–Crippen MR) is 149 cm³/mol. The summed E-state index contributed by atoms with van der Waals surface area (Å²) in [5, 5.41) is 2.40. The molecule has 192 valence electrons. The number of rotatable bonds is 11. The zero-order chi connectivity index (χ0) is 26.1. The van der Waals surface area contributed by atoms with E-state index in [1.54, 1.807) is 0 Å². The SMILES string of the molecule is COC(=O)C[C@@H](/C=C/CCO[Si](c1ccccc1)(c1ccccc1)C(C)(C)C)N[S@+]([O-])C(C)(C)C. The van der Waals surface area contributed by atoms with E-state index in [1.165, 1.54) is 17.5 Å². The first kappa shape index (κ1) is 29.3. The molecule has 0 bridgehead atoms. The number of hydrogen-bond acceptors (Lipinski definition) is 5. The molecule has 2 rings (SSSR count). The Balaban J connectivity index is 2.23. The number of carbonyl (C=O) groups excluding carboxylic acids is 1. The summed E-state index contributed by atoms with van der Waals surface area (Å²) in [6, 6.07) is 20.7. The van der Waals surface area contributed by atoms with Gasteiger partial charge in [-0.15, -0.1) is 4.72 Å². The van der Waals surface area contributed by atoms with Crippen LogP contribution < -0.4 is 15.1 Å². The van der Waals surface area contributed by atoms with Crippen molar-refractivity contribution in [2.75, 3.05) is 13.7 Å². The Labute approximate surface area is 215 Å². The minimum Gasteiger partial charge on any atom is -0.598 e. The van der Waals surface area contributed by atoms with Gasteiger partial charge in [0.2, 0.25) is 0 Å². The summed E-state index contributed by atoms with van der Waals surface area (Å²) in [5.41, 5.74) is 0. The molecule has 0 saturated heterocycles. The van der Waals surface area contributed by atoms with Gasteiger partial charge < -0.3 is 13.7 Å². The third kappa shape index (κ3) is 8.05. The highest BCUT2D eigenvalue weighted by Gasteiger charge is 2.49. The molecule has 0 aliphatic heterocycles. The van der Waals surface area contributed by atoms with Crippen LogP contribution in [-0.2, 0) is 25.3 Å². The van der Waals surface area contributed by atoms with Crippen molar-refractivity contribution in [3.05, 3.63) is 72.8 Å². The molecule has 5 nitrogen and oxygen atoms in total. The number of hydrogen-bond donors (Lipinski definition) is 1. The molecule has 0 saturated carbocycles. The molecule has 0 spiro atoms. The molecule has 0 aliphatic rings. The van der Waals surface area contributed by atoms with Gasteiger partial charge in [-0.2, -0.15) is 0 Å². The summed E-state index contributed by atoms with van der Waals surface area (Å²) < 4.78 is 26.9. The smallest absolute Gasteiger partial charge is 0.307 e. The zero-order valence-electron chi connectivity index (χ0n) is 22.2. The maximum atomic E-state index is 12.6. The second-order valence-corrected chi connectivity index (χ2v) is 16.9. The van der Waals surface area contributed by atoms with Crippen molar-refractivity contribution >= 4 is 36.0 Å². The highest BCUT2D eigenvalue weighted by atomic mass is 32.2. The van der Waals surface area contributed by atoms with Crippen LogP contribution in [0, 0.1) is 0 Å². The number of methoxy groups -OCH3 is 1. The van der Waals surface area contributed by atoms with Gasteiger partial charge in [-0.1, -0.05) is 93.6 Å². The quantitative estimate of drug-likeness (QED) is 0.157. The van der Waals surface area contributed by atoms with E-state index in [0.717, 1.165) is 0 Å². The lowest BCUT2D eigenvalue weighted by Crippen LogP contribution is -2.66. The van der Waals surface area contributed by atoms with Gasteiger partial charge in [0.05, 0.1) is 19.6 Å². The second-order valence-electron chi connectivity index (χ2n) is 10.6. The molecule has 2 aromatic rings. The average Bonchev–Trinajstić information content (AvgIpc) is 2.80. The first-order valence-corrected chi connectivity index (χ1v) is 15.1. The van der Waals surface area contributed by atoms with Crippen LogP contribution in [0.5, 0.6) is 0 Å². The van der Waals surface area contributed by atoms with Crippen LogP contribution in [0.1, 0.15) is 54.4 Å². The maximum absolute atomic E-state index is 12.6. The van der Waals surface area contributed by atoms with Crippen molar-refractivity contribution < 1.29 is 18.5 Å². The van der Waals surface area contributed by atoms with Gasteiger partial charge in [0.25, 0.3) is 8.32 Å². The Morgan fingerprint density at radius 1 is 1.00 bits per heavy atom. The largest absolute Gasteiger partial charge is 0.598 e. The Morgan fingerprint density at radius 3 is 1.94 bits per heavy atom. The Morgan fingerprint density at radius 2 is 1.51 bits per heavy atom. The molecule has 7 heteroatoms. The van der Waals surface area contributed by atoms with E-state index in [2.05, 4.69) is 74.0 Å². The van der Waals surface area contributed by atoms with Crippen molar-refractivity contribution in [1.29, 1.82) is 0 Å². The fourth-order valence-corrected chi connectivity index (χ4v) is 9.40. The molecule has 0 heterocycles. The molecule has 2 aromatic carbocycles. The molecule has 2 atom stereocenters. The Kier molecular flexibility index (Phi) is 10.8. The minimum atomic E-state index is -2.58. The highest BCUT2D eigenvalue weighted by molar-refractivity contribution is 7.90. The monoisotopic (exact) mass is 515 g/mol. The summed E-state index contributed by atoms with van der Waals surface area (Å²) in [7, 11) is -1.22. The lowest BCUT2D eigenvalue weighted by molar-refractivity contribution is -0.140. The van der Waals surface area contributed by atoms with Gasteiger partial charge in [0, 0.05) is 18.0 Å². The molecule has 0 unspecified atom stereocenters.